The van der Waals surface area contributed by atoms with Crippen molar-refractivity contribution >= 4 is 6.09 Å². The second-order valence-corrected chi connectivity index (χ2v) is 4.36. The maximum Gasteiger partial charge on any atom is 0.404 e. The summed E-state index contributed by atoms with van der Waals surface area (Å²) in [4.78, 5) is 10.9. The van der Waals surface area contributed by atoms with Crippen LogP contribution in [0.1, 0.15) is 19.4 Å². The van der Waals surface area contributed by atoms with Crippen molar-refractivity contribution in [2.45, 2.75) is 32.7 Å². The van der Waals surface area contributed by atoms with E-state index in [1.54, 1.807) is 6.92 Å². The molecular formula is C15H19NO3. The zero-order chi connectivity index (χ0) is 14.3. The standard InChI is InChI=1S/C15H19NO3/c1-4-11(2)14(19-15(16)17)12(3)18-10-13-8-6-5-7-9-13/h1,5-9,11-12,14H,10H2,2-3H3,(H2,16,17)/t11-,12+,14+/m1/s1. The predicted molar refractivity (Wildman–Crippen MR) is 73.1 cm³/mol. The molecule has 2 N–H and O–H groups in total. The highest BCUT2D eigenvalue weighted by atomic mass is 16.6. The van der Waals surface area contributed by atoms with E-state index in [-0.39, 0.29) is 12.0 Å². The molecule has 3 atom stereocenters. The Morgan fingerprint density at radius 1 is 1.37 bits per heavy atom. The maximum atomic E-state index is 10.9. The summed E-state index contributed by atoms with van der Waals surface area (Å²) in [6.45, 7) is 4.03. The van der Waals surface area contributed by atoms with Crippen LogP contribution in [0.15, 0.2) is 30.3 Å². The Kier molecular flexibility index (Phi) is 5.91. The monoisotopic (exact) mass is 261 g/mol. The van der Waals surface area contributed by atoms with Crippen LogP contribution in [-0.4, -0.2) is 18.3 Å². The molecule has 0 spiro atoms. The molecule has 0 saturated carbocycles. The number of carbonyl (C=O) groups excluding carboxylic acids is 1. The van der Waals surface area contributed by atoms with Crippen molar-refractivity contribution in [3.8, 4) is 12.3 Å². The molecule has 0 fully saturated rings. The van der Waals surface area contributed by atoms with Gasteiger partial charge in [0.1, 0.15) is 6.10 Å². The molecule has 1 aromatic rings. The molecule has 0 aliphatic heterocycles. The minimum absolute atomic E-state index is 0.265. The number of amides is 1. The largest absolute Gasteiger partial charge is 0.442 e. The van der Waals surface area contributed by atoms with Crippen molar-refractivity contribution in [1.82, 2.24) is 0 Å². The first kappa shape index (κ1) is 15.1. The summed E-state index contributed by atoms with van der Waals surface area (Å²) in [5, 5.41) is 0. The zero-order valence-corrected chi connectivity index (χ0v) is 11.2. The van der Waals surface area contributed by atoms with E-state index < -0.39 is 12.2 Å². The van der Waals surface area contributed by atoms with Crippen molar-refractivity contribution in [3.05, 3.63) is 35.9 Å². The van der Waals surface area contributed by atoms with Crippen LogP contribution in [0.25, 0.3) is 0 Å². The normalized spacial score (nSPS) is 15.0. The highest BCUT2D eigenvalue weighted by Gasteiger charge is 2.26. The first-order valence-corrected chi connectivity index (χ1v) is 6.12. The third-order valence-corrected chi connectivity index (χ3v) is 2.83. The van der Waals surface area contributed by atoms with Crippen molar-refractivity contribution in [1.29, 1.82) is 0 Å². The lowest BCUT2D eigenvalue weighted by atomic mass is 10.0. The van der Waals surface area contributed by atoms with Crippen molar-refractivity contribution in [3.63, 3.8) is 0 Å². The topological polar surface area (TPSA) is 61.5 Å². The minimum atomic E-state index is -0.845. The van der Waals surface area contributed by atoms with Crippen LogP contribution in [0.4, 0.5) is 4.79 Å². The van der Waals surface area contributed by atoms with Gasteiger partial charge in [-0.1, -0.05) is 36.3 Å². The number of rotatable bonds is 6. The Hall–Kier alpha value is -1.99. The van der Waals surface area contributed by atoms with Gasteiger partial charge in [-0.2, -0.15) is 0 Å². The van der Waals surface area contributed by atoms with Crippen molar-refractivity contribution < 1.29 is 14.3 Å². The number of primary amides is 1. The molecule has 102 valence electrons. The van der Waals surface area contributed by atoms with Gasteiger partial charge in [0.15, 0.2) is 0 Å². The van der Waals surface area contributed by atoms with E-state index in [0.717, 1.165) is 5.56 Å². The molecule has 1 aromatic carbocycles. The Morgan fingerprint density at radius 3 is 2.53 bits per heavy atom. The van der Waals surface area contributed by atoms with Crippen LogP contribution < -0.4 is 5.73 Å². The van der Waals surface area contributed by atoms with Gasteiger partial charge in [0.2, 0.25) is 0 Å². The molecule has 0 saturated heterocycles. The Morgan fingerprint density at radius 2 is 2.00 bits per heavy atom. The molecular weight excluding hydrogens is 242 g/mol. The van der Waals surface area contributed by atoms with Gasteiger partial charge in [-0.15, -0.1) is 6.42 Å². The average molecular weight is 261 g/mol. The van der Waals surface area contributed by atoms with Crippen LogP contribution in [0.5, 0.6) is 0 Å². The molecule has 0 bridgehead atoms. The van der Waals surface area contributed by atoms with E-state index in [0.29, 0.717) is 6.61 Å². The average Bonchev–Trinajstić information content (AvgIpc) is 2.42. The summed E-state index contributed by atoms with van der Waals surface area (Å²) < 4.78 is 10.7. The molecule has 4 nitrogen and oxygen atoms in total. The number of ether oxygens (including phenoxy) is 2. The van der Waals surface area contributed by atoms with Gasteiger partial charge in [-0.25, -0.2) is 4.79 Å². The number of terminal acetylenes is 1. The van der Waals surface area contributed by atoms with Gasteiger partial charge in [-0.3, -0.25) is 0 Å². The summed E-state index contributed by atoms with van der Waals surface area (Å²) >= 11 is 0. The van der Waals surface area contributed by atoms with Gasteiger partial charge < -0.3 is 15.2 Å². The quantitative estimate of drug-likeness (QED) is 0.799. The summed E-state index contributed by atoms with van der Waals surface area (Å²) in [6.07, 6.45) is 3.63. The van der Waals surface area contributed by atoms with Crippen molar-refractivity contribution in [2.24, 2.45) is 11.7 Å². The van der Waals surface area contributed by atoms with E-state index in [1.807, 2.05) is 37.3 Å². The Labute approximate surface area is 113 Å². The Balaban J connectivity index is 2.59. The third kappa shape index (κ3) is 5.02. The minimum Gasteiger partial charge on any atom is -0.442 e. The van der Waals surface area contributed by atoms with E-state index in [4.69, 9.17) is 21.6 Å². The molecule has 0 aliphatic rings. The number of carbonyl (C=O) groups is 1. The smallest absolute Gasteiger partial charge is 0.404 e. The molecule has 0 aliphatic carbocycles. The fraction of sp³-hybridized carbons (Fsp3) is 0.400. The molecule has 1 amide bonds. The molecule has 1 rings (SSSR count). The predicted octanol–water partition coefficient (Wildman–Crippen LogP) is 2.32. The van der Waals surface area contributed by atoms with Gasteiger partial charge in [0, 0.05) is 0 Å². The van der Waals surface area contributed by atoms with Crippen LogP contribution >= 0.6 is 0 Å². The first-order chi connectivity index (χ1) is 9.04. The summed E-state index contributed by atoms with van der Waals surface area (Å²) in [5.74, 6) is 2.27. The molecule has 0 aromatic heterocycles. The number of hydrogen-bond donors (Lipinski definition) is 1. The van der Waals surface area contributed by atoms with E-state index in [2.05, 4.69) is 5.92 Å². The Bertz CT molecular complexity index is 438. The summed E-state index contributed by atoms with van der Waals surface area (Å²) in [6, 6.07) is 9.73. The van der Waals surface area contributed by atoms with Gasteiger partial charge in [-0.05, 0) is 19.4 Å². The molecule has 4 heteroatoms. The highest BCUT2D eigenvalue weighted by Crippen LogP contribution is 2.15. The van der Waals surface area contributed by atoms with Crippen LogP contribution in [0, 0.1) is 18.3 Å². The number of hydrogen-bond acceptors (Lipinski definition) is 3. The summed E-state index contributed by atoms with van der Waals surface area (Å²) in [7, 11) is 0. The lowest BCUT2D eigenvalue weighted by Crippen LogP contribution is -2.37. The number of nitrogens with two attached hydrogens (primary N) is 1. The van der Waals surface area contributed by atoms with Gasteiger partial charge >= 0.3 is 6.09 Å². The van der Waals surface area contributed by atoms with E-state index in [9.17, 15) is 4.79 Å². The van der Waals surface area contributed by atoms with Crippen molar-refractivity contribution in [2.75, 3.05) is 0 Å². The second kappa shape index (κ2) is 7.45. The second-order valence-electron chi connectivity index (χ2n) is 4.36. The molecule has 0 radical (unpaired) electrons. The lowest BCUT2D eigenvalue weighted by molar-refractivity contribution is -0.0519. The van der Waals surface area contributed by atoms with Gasteiger partial charge in [0.25, 0.3) is 0 Å². The van der Waals surface area contributed by atoms with Crippen LogP contribution in [0.2, 0.25) is 0 Å². The van der Waals surface area contributed by atoms with Crippen LogP contribution in [0.3, 0.4) is 0 Å². The van der Waals surface area contributed by atoms with Gasteiger partial charge in [0.05, 0.1) is 18.6 Å². The maximum absolute atomic E-state index is 10.9. The molecule has 0 heterocycles. The third-order valence-electron chi connectivity index (χ3n) is 2.83. The van der Waals surface area contributed by atoms with E-state index in [1.165, 1.54) is 0 Å². The zero-order valence-electron chi connectivity index (χ0n) is 11.2. The van der Waals surface area contributed by atoms with Crippen LogP contribution in [-0.2, 0) is 16.1 Å². The fourth-order valence-electron chi connectivity index (χ4n) is 1.73. The molecule has 19 heavy (non-hydrogen) atoms. The highest BCUT2D eigenvalue weighted by molar-refractivity contribution is 5.64. The fourth-order valence-corrected chi connectivity index (χ4v) is 1.73. The molecule has 0 unspecified atom stereocenters. The first-order valence-electron chi connectivity index (χ1n) is 6.12. The van der Waals surface area contributed by atoms with E-state index >= 15 is 0 Å². The summed E-state index contributed by atoms with van der Waals surface area (Å²) in [5.41, 5.74) is 6.09. The SMILES string of the molecule is C#C[C@@H](C)[C@H](OC(N)=O)[C@H](C)OCc1ccccc1. The number of benzene rings is 1. The lowest BCUT2D eigenvalue weighted by Gasteiger charge is -2.26.